The average Bonchev–Trinajstić information content (AvgIpc) is 2.50. The van der Waals surface area contributed by atoms with E-state index in [1.54, 1.807) is 0 Å². The molecule has 4 heteroatoms. The van der Waals surface area contributed by atoms with Crippen molar-refractivity contribution in [1.82, 2.24) is 0 Å². The molecule has 4 nitrogen and oxygen atoms in total. The molecule has 0 aromatic rings. The van der Waals surface area contributed by atoms with Gasteiger partial charge >= 0.3 is 5.97 Å². The quantitative estimate of drug-likeness (QED) is 0.553. The summed E-state index contributed by atoms with van der Waals surface area (Å²) in [6.07, 6.45) is 0.594. The summed E-state index contributed by atoms with van der Waals surface area (Å²) in [6.45, 7) is 1.00. The molecule has 1 aliphatic heterocycles. The van der Waals surface area contributed by atoms with Gasteiger partial charge in [-0.2, -0.15) is 0 Å². The van der Waals surface area contributed by atoms with E-state index in [1.165, 1.54) is 7.11 Å². The molecule has 1 heterocycles. The van der Waals surface area contributed by atoms with Gasteiger partial charge in [0, 0.05) is 13.2 Å². The zero-order valence-electron chi connectivity index (χ0n) is 6.58. The Morgan fingerprint density at radius 3 is 3.09 bits per heavy atom. The first-order chi connectivity index (χ1) is 5.29. The standard InChI is InChI=1S/C7H13NO3/c1-10-7(9)5-2-3-11-6(5)4-8/h5-6H,2-4,8H2,1H3/t5-,6-/m1/s1. The molecule has 0 bridgehead atoms. The number of ether oxygens (including phenoxy) is 2. The van der Waals surface area contributed by atoms with Crippen LogP contribution in [0.3, 0.4) is 0 Å². The summed E-state index contributed by atoms with van der Waals surface area (Å²) in [5.74, 6) is -0.358. The molecule has 0 aliphatic carbocycles. The Bertz CT molecular complexity index is 149. The minimum atomic E-state index is -0.210. The molecule has 11 heavy (non-hydrogen) atoms. The number of carbonyl (C=O) groups is 1. The SMILES string of the molecule is COC(=O)[C@@H]1CCO[C@@H]1CN. The Morgan fingerprint density at radius 1 is 1.82 bits per heavy atom. The monoisotopic (exact) mass is 159 g/mol. The fourth-order valence-corrected chi connectivity index (χ4v) is 1.30. The van der Waals surface area contributed by atoms with Crippen LogP contribution in [-0.4, -0.2) is 32.3 Å². The van der Waals surface area contributed by atoms with Crippen LogP contribution in [0.15, 0.2) is 0 Å². The van der Waals surface area contributed by atoms with Gasteiger partial charge in [-0.3, -0.25) is 4.79 Å². The van der Waals surface area contributed by atoms with E-state index in [0.717, 1.165) is 6.42 Å². The lowest BCUT2D eigenvalue weighted by atomic mass is 10.0. The van der Waals surface area contributed by atoms with Crippen LogP contribution in [0.4, 0.5) is 0 Å². The maximum atomic E-state index is 11.0. The van der Waals surface area contributed by atoms with E-state index in [0.29, 0.717) is 13.2 Å². The van der Waals surface area contributed by atoms with Gasteiger partial charge in [0.25, 0.3) is 0 Å². The van der Waals surface area contributed by atoms with E-state index in [4.69, 9.17) is 10.5 Å². The van der Waals surface area contributed by atoms with E-state index in [-0.39, 0.29) is 18.0 Å². The van der Waals surface area contributed by atoms with Gasteiger partial charge in [-0.05, 0) is 6.42 Å². The number of esters is 1. The summed E-state index contributed by atoms with van der Waals surface area (Å²) in [4.78, 5) is 11.0. The number of hydrogen-bond acceptors (Lipinski definition) is 4. The fraction of sp³-hybridized carbons (Fsp3) is 0.857. The summed E-state index contributed by atoms with van der Waals surface area (Å²) in [5.41, 5.74) is 5.38. The molecule has 2 atom stereocenters. The average molecular weight is 159 g/mol. The Hall–Kier alpha value is -0.610. The van der Waals surface area contributed by atoms with Crippen molar-refractivity contribution in [2.75, 3.05) is 20.3 Å². The van der Waals surface area contributed by atoms with Crippen molar-refractivity contribution < 1.29 is 14.3 Å². The van der Waals surface area contributed by atoms with Crippen LogP contribution >= 0.6 is 0 Å². The van der Waals surface area contributed by atoms with Crippen molar-refractivity contribution >= 4 is 5.97 Å². The predicted molar refractivity (Wildman–Crippen MR) is 38.9 cm³/mol. The van der Waals surface area contributed by atoms with Gasteiger partial charge in [-0.1, -0.05) is 0 Å². The van der Waals surface area contributed by atoms with Gasteiger partial charge in [-0.25, -0.2) is 0 Å². The Kier molecular flexibility index (Phi) is 2.84. The molecule has 0 amide bonds. The summed E-state index contributed by atoms with van der Waals surface area (Å²) in [6, 6.07) is 0. The van der Waals surface area contributed by atoms with Crippen LogP contribution in [0.1, 0.15) is 6.42 Å². The molecule has 1 rings (SSSR count). The van der Waals surface area contributed by atoms with Gasteiger partial charge in [0.15, 0.2) is 0 Å². The molecule has 0 unspecified atom stereocenters. The molecule has 64 valence electrons. The first-order valence-electron chi connectivity index (χ1n) is 3.69. The van der Waals surface area contributed by atoms with Gasteiger partial charge in [0.05, 0.1) is 19.1 Å². The zero-order valence-corrected chi connectivity index (χ0v) is 6.58. The van der Waals surface area contributed by atoms with E-state index in [2.05, 4.69) is 4.74 Å². The van der Waals surface area contributed by atoms with Gasteiger partial charge in [0.1, 0.15) is 0 Å². The van der Waals surface area contributed by atoms with E-state index >= 15 is 0 Å². The second kappa shape index (κ2) is 3.69. The van der Waals surface area contributed by atoms with Gasteiger partial charge < -0.3 is 15.2 Å². The smallest absolute Gasteiger partial charge is 0.311 e. The predicted octanol–water partition coefficient (Wildman–Crippen LogP) is -0.477. The molecule has 1 fully saturated rings. The minimum Gasteiger partial charge on any atom is -0.469 e. The van der Waals surface area contributed by atoms with Crippen LogP contribution in [-0.2, 0) is 14.3 Å². The lowest BCUT2D eigenvalue weighted by Gasteiger charge is -2.13. The normalized spacial score (nSPS) is 30.4. The highest BCUT2D eigenvalue weighted by molar-refractivity contribution is 5.73. The van der Waals surface area contributed by atoms with Gasteiger partial charge in [-0.15, -0.1) is 0 Å². The maximum Gasteiger partial charge on any atom is 0.311 e. The molecular formula is C7H13NO3. The highest BCUT2D eigenvalue weighted by atomic mass is 16.5. The first-order valence-corrected chi connectivity index (χ1v) is 3.69. The molecule has 0 aromatic carbocycles. The Morgan fingerprint density at radius 2 is 2.55 bits per heavy atom. The van der Waals surface area contributed by atoms with Crippen molar-refractivity contribution in [2.24, 2.45) is 11.7 Å². The van der Waals surface area contributed by atoms with Gasteiger partial charge in [0.2, 0.25) is 0 Å². The number of methoxy groups -OCH3 is 1. The van der Waals surface area contributed by atoms with Crippen molar-refractivity contribution in [3.8, 4) is 0 Å². The minimum absolute atomic E-state index is 0.137. The van der Waals surface area contributed by atoms with Crippen LogP contribution in [0, 0.1) is 5.92 Å². The van der Waals surface area contributed by atoms with E-state index in [1.807, 2.05) is 0 Å². The molecular weight excluding hydrogens is 146 g/mol. The lowest BCUT2D eigenvalue weighted by Crippen LogP contribution is -2.31. The third kappa shape index (κ3) is 1.70. The third-order valence-corrected chi connectivity index (χ3v) is 1.95. The number of carbonyl (C=O) groups excluding carboxylic acids is 1. The Labute approximate surface area is 65.7 Å². The van der Waals surface area contributed by atoms with Crippen LogP contribution in [0.2, 0.25) is 0 Å². The Balaban J connectivity index is 2.49. The van der Waals surface area contributed by atoms with Crippen LogP contribution in [0.5, 0.6) is 0 Å². The van der Waals surface area contributed by atoms with Crippen molar-refractivity contribution in [1.29, 1.82) is 0 Å². The second-order valence-electron chi connectivity index (χ2n) is 2.56. The molecule has 0 aromatic heterocycles. The number of rotatable bonds is 2. The number of nitrogens with two attached hydrogens (primary N) is 1. The van der Waals surface area contributed by atoms with E-state index in [9.17, 15) is 4.79 Å². The first kappa shape index (κ1) is 8.49. The largest absolute Gasteiger partial charge is 0.469 e. The molecule has 1 saturated heterocycles. The zero-order chi connectivity index (χ0) is 8.27. The molecule has 0 saturated carbocycles. The van der Waals surface area contributed by atoms with Crippen LogP contribution < -0.4 is 5.73 Å². The number of hydrogen-bond donors (Lipinski definition) is 1. The molecule has 1 aliphatic rings. The summed E-state index contributed by atoms with van der Waals surface area (Å²) in [7, 11) is 1.38. The van der Waals surface area contributed by atoms with Crippen LogP contribution in [0.25, 0.3) is 0 Å². The fourth-order valence-electron chi connectivity index (χ4n) is 1.30. The van der Waals surface area contributed by atoms with E-state index < -0.39 is 0 Å². The topological polar surface area (TPSA) is 61.5 Å². The summed E-state index contributed by atoms with van der Waals surface area (Å²) >= 11 is 0. The van der Waals surface area contributed by atoms with Crippen molar-refractivity contribution in [2.45, 2.75) is 12.5 Å². The maximum absolute atomic E-state index is 11.0. The molecule has 2 N–H and O–H groups in total. The highest BCUT2D eigenvalue weighted by Gasteiger charge is 2.33. The molecule has 0 radical (unpaired) electrons. The summed E-state index contributed by atoms with van der Waals surface area (Å²) < 4.78 is 9.80. The molecule has 0 spiro atoms. The lowest BCUT2D eigenvalue weighted by molar-refractivity contribution is -0.147. The third-order valence-electron chi connectivity index (χ3n) is 1.95. The summed E-state index contributed by atoms with van der Waals surface area (Å²) in [5, 5.41) is 0. The van der Waals surface area contributed by atoms with Crippen molar-refractivity contribution in [3.63, 3.8) is 0 Å². The second-order valence-corrected chi connectivity index (χ2v) is 2.56. The highest BCUT2D eigenvalue weighted by Crippen LogP contribution is 2.20. The van der Waals surface area contributed by atoms with Crippen molar-refractivity contribution in [3.05, 3.63) is 0 Å².